The molecule has 110 valence electrons. The number of aliphatic hydroxyl groups excluding tert-OH is 1. The molecule has 1 aromatic carbocycles. The molecule has 0 amide bonds. The van der Waals surface area contributed by atoms with Gasteiger partial charge in [-0.3, -0.25) is 4.90 Å². The Kier molecular flexibility index (Phi) is 3.74. The summed E-state index contributed by atoms with van der Waals surface area (Å²) >= 11 is 0. The standard InChI is InChI=1S/C17H25NO2/c1-11(12-4-5-12)18(2)16-9-6-13-10-14(20-3)7-8-15(13)17(16)19/h7-8,10-12,16-17,19H,4-6,9H2,1-3H3. The van der Waals surface area contributed by atoms with Crippen molar-refractivity contribution in [2.45, 2.75) is 50.8 Å². The summed E-state index contributed by atoms with van der Waals surface area (Å²) in [6, 6.07) is 6.87. The first kappa shape index (κ1) is 13.9. The van der Waals surface area contributed by atoms with Crippen molar-refractivity contribution in [3.63, 3.8) is 0 Å². The predicted molar refractivity (Wildman–Crippen MR) is 80.0 cm³/mol. The Bertz CT molecular complexity index is 484. The number of rotatable bonds is 4. The zero-order chi connectivity index (χ0) is 14.3. The molecule has 3 nitrogen and oxygen atoms in total. The minimum atomic E-state index is -0.379. The van der Waals surface area contributed by atoms with Crippen molar-refractivity contribution in [1.29, 1.82) is 0 Å². The number of aryl methyl sites for hydroxylation is 1. The minimum Gasteiger partial charge on any atom is -0.497 e. The average Bonchev–Trinajstić information content (AvgIpc) is 3.30. The highest BCUT2D eigenvalue weighted by Crippen LogP contribution is 2.39. The molecule has 0 radical (unpaired) electrons. The molecule has 0 aromatic heterocycles. The molecule has 2 aliphatic rings. The maximum Gasteiger partial charge on any atom is 0.119 e. The molecule has 2 aliphatic carbocycles. The number of fused-ring (bicyclic) bond motifs is 1. The van der Waals surface area contributed by atoms with Gasteiger partial charge in [0.15, 0.2) is 0 Å². The molecular formula is C17H25NO2. The zero-order valence-corrected chi connectivity index (χ0v) is 12.7. The molecule has 20 heavy (non-hydrogen) atoms. The Labute approximate surface area is 121 Å². The van der Waals surface area contributed by atoms with Crippen molar-refractivity contribution in [2.24, 2.45) is 5.92 Å². The summed E-state index contributed by atoms with van der Waals surface area (Å²) in [4.78, 5) is 2.40. The molecule has 0 spiro atoms. The summed E-state index contributed by atoms with van der Waals surface area (Å²) in [7, 11) is 3.86. The monoisotopic (exact) mass is 275 g/mol. The smallest absolute Gasteiger partial charge is 0.119 e. The van der Waals surface area contributed by atoms with E-state index in [1.807, 2.05) is 12.1 Å². The molecule has 3 unspecified atom stereocenters. The molecule has 0 heterocycles. The van der Waals surface area contributed by atoms with Gasteiger partial charge >= 0.3 is 0 Å². The molecule has 1 fully saturated rings. The predicted octanol–water partition coefficient (Wildman–Crippen LogP) is 2.77. The van der Waals surface area contributed by atoms with Crippen LogP contribution in [0, 0.1) is 5.92 Å². The SMILES string of the molecule is COc1ccc2c(c1)CCC(N(C)C(C)C1CC1)C2O. The van der Waals surface area contributed by atoms with E-state index >= 15 is 0 Å². The lowest BCUT2D eigenvalue weighted by Crippen LogP contribution is -2.45. The number of aliphatic hydroxyl groups is 1. The zero-order valence-electron chi connectivity index (χ0n) is 12.7. The van der Waals surface area contributed by atoms with Crippen LogP contribution in [0.4, 0.5) is 0 Å². The maximum atomic E-state index is 10.7. The van der Waals surface area contributed by atoms with Gasteiger partial charge in [-0.25, -0.2) is 0 Å². The average molecular weight is 275 g/mol. The van der Waals surface area contributed by atoms with E-state index in [4.69, 9.17) is 4.74 Å². The first-order chi connectivity index (χ1) is 9.61. The summed E-state index contributed by atoms with van der Waals surface area (Å²) in [5.74, 6) is 1.72. The Balaban J connectivity index is 1.79. The third kappa shape index (κ3) is 2.45. The number of likely N-dealkylation sites (N-methyl/N-ethyl adjacent to an activating group) is 1. The largest absolute Gasteiger partial charge is 0.497 e. The van der Waals surface area contributed by atoms with Crippen LogP contribution < -0.4 is 4.74 Å². The van der Waals surface area contributed by atoms with Crippen LogP contribution in [-0.2, 0) is 6.42 Å². The molecule has 3 heteroatoms. The highest BCUT2D eigenvalue weighted by molar-refractivity contribution is 5.39. The second kappa shape index (κ2) is 5.38. The van der Waals surface area contributed by atoms with Crippen LogP contribution in [0.15, 0.2) is 18.2 Å². The third-order valence-electron chi connectivity index (χ3n) is 5.21. The summed E-state index contributed by atoms with van der Waals surface area (Å²) in [5.41, 5.74) is 2.32. The van der Waals surface area contributed by atoms with Gasteiger partial charge in [-0.2, -0.15) is 0 Å². The van der Waals surface area contributed by atoms with E-state index in [1.54, 1.807) is 7.11 Å². The topological polar surface area (TPSA) is 32.7 Å². The molecule has 1 aromatic rings. The Hall–Kier alpha value is -1.06. The number of benzene rings is 1. The van der Waals surface area contributed by atoms with Crippen molar-refractivity contribution in [2.75, 3.05) is 14.2 Å². The quantitative estimate of drug-likeness (QED) is 0.917. The van der Waals surface area contributed by atoms with Gasteiger partial charge < -0.3 is 9.84 Å². The van der Waals surface area contributed by atoms with Crippen LogP contribution >= 0.6 is 0 Å². The normalized spacial score (nSPS) is 27.2. The van der Waals surface area contributed by atoms with Crippen LogP contribution in [-0.4, -0.2) is 36.2 Å². The number of methoxy groups -OCH3 is 1. The van der Waals surface area contributed by atoms with Gasteiger partial charge in [-0.05, 0) is 68.8 Å². The fraction of sp³-hybridized carbons (Fsp3) is 0.647. The number of nitrogens with zero attached hydrogens (tertiary/aromatic N) is 1. The summed E-state index contributed by atoms with van der Waals surface area (Å²) in [6.45, 7) is 2.30. The lowest BCUT2D eigenvalue weighted by Gasteiger charge is -2.39. The van der Waals surface area contributed by atoms with E-state index in [2.05, 4.69) is 24.9 Å². The van der Waals surface area contributed by atoms with Crippen molar-refractivity contribution in [1.82, 2.24) is 4.90 Å². The lowest BCUT2D eigenvalue weighted by molar-refractivity contribution is 0.0267. The Morgan fingerprint density at radius 2 is 2.05 bits per heavy atom. The molecule has 3 atom stereocenters. The van der Waals surface area contributed by atoms with Crippen molar-refractivity contribution < 1.29 is 9.84 Å². The molecule has 0 saturated heterocycles. The second-order valence-electron chi connectivity index (χ2n) is 6.36. The molecule has 0 bridgehead atoms. The first-order valence-electron chi connectivity index (χ1n) is 7.68. The summed E-state index contributed by atoms with van der Waals surface area (Å²) < 4.78 is 5.28. The van der Waals surface area contributed by atoms with Crippen LogP contribution in [0.25, 0.3) is 0 Å². The Morgan fingerprint density at radius 3 is 2.70 bits per heavy atom. The van der Waals surface area contributed by atoms with Crippen LogP contribution in [0.3, 0.4) is 0 Å². The number of hydrogen-bond acceptors (Lipinski definition) is 3. The van der Waals surface area contributed by atoms with E-state index < -0.39 is 0 Å². The maximum absolute atomic E-state index is 10.7. The molecule has 0 aliphatic heterocycles. The molecule has 1 N–H and O–H groups in total. The number of ether oxygens (including phenoxy) is 1. The van der Waals surface area contributed by atoms with Crippen molar-refractivity contribution in [3.05, 3.63) is 29.3 Å². The summed E-state index contributed by atoms with van der Waals surface area (Å²) in [5, 5.41) is 10.7. The van der Waals surface area contributed by atoms with Gasteiger partial charge in [0.05, 0.1) is 13.2 Å². The van der Waals surface area contributed by atoms with E-state index in [0.717, 1.165) is 30.1 Å². The molecule has 3 rings (SSSR count). The Morgan fingerprint density at radius 1 is 1.30 bits per heavy atom. The van der Waals surface area contributed by atoms with Gasteiger partial charge in [0, 0.05) is 12.1 Å². The van der Waals surface area contributed by atoms with E-state index in [0.29, 0.717) is 6.04 Å². The lowest BCUT2D eigenvalue weighted by atomic mass is 9.84. The third-order valence-corrected chi connectivity index (χ3v) is 5.21. The van der Waals surface area contributed by atoms with Gasteiger partial charge in [-0.15, -0.1) is 0 Å². The fourth-order valence-corrected chi connectivity index (χ4v) is 3.52. The van der Waals surface area contributed by atoms with Gasteiger partial charge in [-0.1, -0.05) is 6.07 Å². The highest BCUT2D eigenvalue weighted by Gasteiger charge is 2.37. The molecular weight excluding hydrogens is 250 g/mol. The highest BCUT2D eigenvalue weighted by atomic mass is 16.5. The number of hydrogen-bond donors (Lipinski definition) is 1. The summed E-state index contributed by atoms with van der Waals surface area (Å²) in [6.07, 6.45) is 4.37. The van der Waals surface area contributed by atoms with E-state index in [-0.39, 0.29) is 12.1 Å². The minimum absolute atomic E-state index is 0.242. The first-order valence-corrected chi connectivity index (χ1v) is 7.68. The van der Waals surface area contributed by atoms with E-state index in [9.17, 15) is 5.11 Å². The fourth-order valence-electron chi connectivity index (χ4n) is 3.52. The van der Waals surface area contributed by atoms with E-state index in [1.165, 1.54) is 18.4 Å². The van der Waals surface area contributed by atoms with Gasteiger partial charge in [0.2, 0.25) is 0 Å². The van der Waals surface area contributed by atoms with Crippen molar-refractivity contribution >= 4 is 0 Å². The second-order valence-corrected chi connectivity index (χ2v) is 6.36. The van der Waals surface area contributed by atoms with Gasteiger partial charge in [0.1, 0.15) is 5.75 Å². The van der Waals surface area contributed by atoms with Crippen molar-refractivity contribution in [3.8, 4) is 5.75 Å². The van der Waals surface area contributed by atoms with Crippen LogP contribution in [0.1, 0.15) is 43.4 Å². The molecule has 1 saturated carbocycles. The van der Waals surface area contributed by atoms with Crippen LogP contribution in [0.2, 0.25) is 0 Å². The van der Waals surface area contributed by atoms with Crippen LogP contribution in [0.5, 0.6) is 5.75 Å². The van der Waals surface area contributed by atoms with Gasteiger partial charge in [0.25, 0.3) is 0 Å².